The summed E-state index contributed by atoms with van der Waals surface area (Å²) in [6, 6.07) is 15.1. The number of esters is 1. The van der Waals surface area contributed by atoms with E-state index in [0.717, 1.165) is 21.7 Å². The van der Waals surface area contributed by atoms with Crippen molar-refractivity contribution in [2.24, 2.45) is 0 Å². The van der Waals surface area contributed by atoms with Crippen LogP contribution in [-0.2, 0) is 4.74 Å². The van der Waals surface area contributed by atoms with Crippen LogP contribution in [0.25, 0.3) is 10.6 Å². The fourth-order valence-corrected chi connectivity index (χ4v) is 3.28. The van der Waals surface area contributed by atoms with Gasteiger partial charge in [0.1, 0.15) is 5.01 Å². The number of hydrogen-bond donors (Lipinski definition) is 0. The molecular formula is C21H19NO3S. The zero-order valence-corrected chi connectivity index (χ0v) is 15.7. The topological polar surface area (TPSA) is 56.3 Å². The summed E-state index contributed by atoms with van der Waals surface area (Å²) in [5, 5.41) is 2.39. The number of rotatable bonds is 5. The minimum atomic E-state index is -0.869. The Morgan fingerprint density at radius 3 is 2.46 bits per heavy atom. The Balaban J connectivity index is 1.70. The number of ether oxygens (including phenoxy) is 1. The molecule has 0 aliphatic rings. The normalized spacial score (nSPS) is 11.8. The lowest BCUT2D eigenvalue weighted by Gasteiger charge is -2.12. The smallest absolute Gasteiger partial charge is 0.358 e. The standard InChI is InChI=1S/C21H19NO3S/c1-13-9-10-17(11-14(13)2)19(23)15(3)25-21(24)18-12-26-20(22-18)16-7-5-4-6-8-16/h4-12,15H,1-3H3/t15-/m0/s1. The monoisotopic (exact) mass is 365 g/mol. The Bertz CT molecular complexity index is 947. The van der Waals surface area contributed by atoms with E-state index in [2.05, 4.69) is 4.98 Å². The fraction of sp³-hybridized carbons (Fsp3) is 0.190. The predicted octanol–water partition coefficient (Wildman–Crippen LogP) is 4.86. The number of Topliss-reactive ketones (excluding diaryl/α,β-unsaturated/α-hetero) is 1. The SMILES string of the molecule is Cc1ccc(C(=O)[C@H](C)OC(=O)c2csc(-c3ccccc3)n2)cc1C. The van der Waals surface area contributed by atoms with Crippen molar-refractivity contribution in [3.05, 3.63) is 76.3 Å². The van der Waals surface area contributed by atoms with Gasteiger partial charge < -0.3 is 4.74 Å². The van der Waals surface area contributed by atoms with Gasteiger partial charge in [-0.3, -0.25) is 4.79 Å². The van der Waals surface area contributed by atoms with Gasteiger partial charge in [-0.25, -0.2) is 9.78 Å². The van der Waals surface area contributed by atoms with Crippen LogP contribution in [0.4, 0.5) is 0 Å². The van der Waals surface area contributed by atoms with Crippen molar-refractivity contribution in [1.29, 1.82) is 0 Å². The quantitative estimate of drug-likeness (QED) is 0.479. The van der Waals surface area contributed by atoms with E-state index in [-0.39, 0.29) is 11.5 Å². The summed E-state index contributed by atoms with van der Waals surface area (Å²) >= 11 is 1.37. The molecule has 1 aromatic heterocycles. The Morgan fingerprint density at radius 2 is 1.77 bits per heavy atom. The first kappa shape index (κ1) is 18.0. The predicted molar refractivity (Wildman–Crippen MR) is 103 cm³/mol. The summed E-state index contributed by atoms with van der Waals surface area (Å²) in [4.78, 5) is 29.2. The minimum Gasteiger partial charge on any atom is -0.450 e. The molecular weight excluding hydrogens is 346 g/mol. The Kier molecular flexibility index (Phi) is 5.28. The third-order valence-electron chi connectivity index (χ3n) is 4.18. The first-order valence-electron chi connectivity index (χ1n) is 8.29. The van der Waals surface area contributed by atoms with Crippen LogP contribution in [0, 0.1) is 13.8 Å². The highest BCUT2D eigenvalue weighted by Crippen LogP contribution is 2.24. The zero-order chi connectivity index (χ0) is 18.7. The molecule has 0 unspecified atom stereocenters. The number of benzene rings is 2. The van der Waals surface area contributed by atoms with Crippen LogP contribution in [-0.4, -0.2) is 22.8 Å². The van der Waals surface area contributed by atoms with E-state index in [9.17, 15) is 9.59 Å². The molecule has 0 spiro atoms. The maximum absolute atomic E-state index is 12.5. The summed E-state index contributed by atoms with van der Waals surface area (Å²) in [5.41, 5.74) is 3.84. The van der Waals surface area contributed by atoms with Crippen molar-refractivity contribution >= 4 is 23.1 Å². The lowest BCUT2D eigenvalue weighted by molar-refractivity contribution is 0.0314. The first-order valence-corrected chi connectivity index (χ1v) is 9.17. The van der Waals surface area contributed by atoms with Crippen LogP contribution < -0.4 is 0 Å². The van der Waals surface area contributed by atoms with Gasteiger partial charge in [-0.05, 0) is 38.0 Å². The third-order valence-corrected chi connectivity index (χ3v) is 5.07. The number of carbonyl (C=O) groups is 2. The number of aryl methyl sites for hydroxylation is 2. The summed E-state index contributed by atoms with van der Waals surface area (Å²) in [6.07, 6.45) is -0.869. The Hall–Kier alpha value is -2.79. The summed E-state index contributed by atoms with van der Waals surface area (Å²) < 4.78 is 5.33. The Labute approximate surface area is 156 Å². The van der Waals surface area contributed by atoms with E-state index >= 15 is 0 Å². The first-order chi connectivity index (χ1) is 12.5. The average Bonchev–Trinajstić information content (AvgIpc) is 3.14. The van der Waals surface area contributed by atoms with Crippen LogP contribution in [0.1, 0.15) is 38.9 Å². The highest BCUT2D eigenvalue weighted by molar-refractivity contribution is 7.13. The molecule has 132 valence electrons. The van der Waals surface area contributed by atoms with E-state index in [1.54, 1.807) is 18.4 Å². The molecule has 0 saturated heterocycles. The second kappa shape index (κ2) is 7.62. The summed E-state index contributed by atoms with van der Waals surface area (Å²) in [6.45, 7) is 5.52. The molecule has 3 rings (SSSR count). The van der Waals surface area contributed by atoms with Gasteiger partial charge in [-0.1, -0.05) is 42.5 Å². The van der Waals surface area contributed by atoms with E-state index in [0.29, 0.717) is 5.56 Å². The van der Waals surface area contributed by atoms with Crippen LogP contribution >= 0.6 is 11.3 Å². The fourth-order valence-electron chi connectivity index (χ4n) is 2.48. The van der Waals surface area contributed by atoms with Gasteiger partial charge in [0, 0.05) is 16.5 Å². The average molecular weight is 365 g/mol. The number of ketones is 1. The van der Waals surface area contributed by atoms with Gasteiger partial charge in [0.2, 0.25) is 5.78 Å². The van der Waals surface area contributed by atoms with Gasteiger partial charge in [-0.15, -0.1) is 11.3 Å². The molecule has 0 fully saturated rings. The second-order valence-corrected chi connectivity index (χ2v) is 6.97. The molecule has 0 aliphatic heterocycles. The number of hydrogen-bond acceptors (Lipinski definition) is 5. The van der Waals surface area contributed by atoms with Crippen molar-refractivity contribution < 1.29 is 14.3 Å². The van der Waals surface area contributed by atoms with Gasteiger partial charge in [0.05, 0.1) is 0 Å². The molecule has 4 nitrogen and oxygen atoms in total. The van der Waals surface area contributed by atoms with Crippen LogP contribution in [0.5, 0.6) is 0 Å². The Morgan fingerprint density at radius 1 is 1.04 bits per heavy atom. The summed E-state index contributed by atoms with van der Waals surface area (Å²) in [7, 11) is 0. The second-order valence-electron chi connectivity index (χ2n) is 6.11. The van der Waals surface area contributed by atoms with Crippen molar-refractivity contribution in [3.8, 4) is 10.6 Å². The molecule has 0 amide bonds. The van der Waals surface area contributed by atoms with Gasteiger partial charge >= 0.3 is 5.97 Å². The van der Waals surface area contributed by atoms with Gasteiger partial charge in [-0.2, -0.15) is 0 Å². The van der Waals surface area contributed by atoms with Crippen molar-refractivity contribution in [1.82, 2.24) is 4.98 Å². The molecule has 0 N–H and O–H groups in total. The van der Waals surface area contributed by atoms with E-state index in [4.69, 9.17) is 4.74 Å². The molecule has 0 saturated carbocycles. The number of nitrogens with zero attached hydrogens (tertiary/aromatic N) is 1. The molecule has 0 bridgehead atoms. The van der Waals surface area contributed by atoms with Gasteiger partial charge in [0.15, 0.2) is 11.8 Å². The number of aromatic nitrogens is 1. The largest absolute Gasteiger partial charge is 0.450 e. The van der Waals surface area contributed by atoms with Crippen LogP contribution in [0.15, 0.2) is 53.9 Å². The van der Waals surface area contributed by atoms with E-state index in [1.165, 1.54) is 11.3 Å². The number of thiazole rings is 1. The lowest BCUT2D eigenvalue weighted by Crippen LogP contribution is -2.24. The molecule has 26 heavy (non-hydrogen) atoms. The number of carbonyl (C=O) groups excluding carboxylic acids is 2. The molecule has 0 aliphatic carbocycles. The van der Waals surface area contributed by atoms with Gasteiger partial charge in [0.25, 0.3) is 0 Å². The van der Waals surface area contributed by atoms with E-state index in [1.807, 2.05) is 56.3 Å². The van der Waals surface area contributed by atoms with Crippen LogP contribution in [0.3, 0.4) is 0 Å². The zero-order valence-electron chi connectivity index (χ0n) is 14.9. The molecule has 1 atom stereocenters. The van der Waals surface area contributed by atoms with E-state index < -0.39 is 12.1 Å². The van der Waals surface area contributed by atoms with Crippen molar-refractivity contribution in [2.75, 3.05) is 0 Å². The molecule has 0 radical (unpaired) electrons. The molecule has 3 aromatic rings. The highest BCUT2D eigenvalue weighted by atomic mass is 32.1. The maximum Gasteiger partial charge on any atom is 0.358 e. The lowest BCUT2D eigenvalue weighted by atomic mass is 10.0. The molecule has 1 heterocycles. The molecule has 5 heteroatoms. The van der Waals surface area contributed by atoms with Crippen molar-refractivity contribution in [3.63, 3.8) is 0 Å². The highest BCUT2D eigenvalue weighted by Gasteiger charge is 2.22. The maximum atomic E-state index is 12.5. The molecule has 2 aromatic carbocycles. The van der Waals surface area contributed by atoms with Crippen LogP contribution in [0.2, 0.25) is 0 Å². The van der Waals surface area contributed by atoms with Crippen molar-refractivity contribution in [2.45, 2.75) is 26.9 Å². The minimum absolute atomic E-state index is 0.216. The third kappa shape index (κ3) is 3.89. The summed E-state index contributed by atoms with van der Waals surface area (Å²) in [5.74, 6) is -0.812.